The van der Waals surface area contributed by atoms with Gasteiger partial charge in [0.1, 0.15) is 0 Å². The minimum atomic E-state index is 0.601. The summed E-state index contributed by atoms with van der Waals surface area (Å²) in [4.78, 5) is 2.31. The van der Waals surface area contributed by atoms with E-state index < -0.39 is 0 Å². The van der Waals surface area contributed by atoms with E-state index in [4.69, 9.17) is 0 Å². The molecule has 3 aromatic rings. The van der Waals surface area contributed by atoms with Gasteiger partial charge >= 0.3 is 0 Å². The number of hydrogen-bond donors (Lipinski definition) is 0. The van der Waals surface area contributed by atoms with Crippen LogP contribution in [0.2, 0.25) is 0 Å². The van der Waals surface area contributed by atoms with Crippen LogP contribution in [0.25, 0.3) is 0 Å². The van der Waals surface area contributed by atoms with Crippen molar-refractivity contribution in [2.75, 3.05) is 4.90 Å². The van der Waals surface area contributed by atoms with E-state index in [0.717, 1.165) is 0 Å². The molecule has 0 spiro atoms. The van der Waals surface area contributed by atoms with Gasteiger partial charge in [-0.05, 0) is 61.2 Å². The maximum absolute atomic E-state index is 2.31. The summed E-state index contributed by atoms with van der Waals surface area (Å²) in [6, 6.07) is 28.2. The third-order valence-corrected chi connectivity index (χ3v) is 4.64. The normalized spacial score (nSPS) is 12.0. The summed E-state index contributed by atoms with van der Waals surface area (Å²) in [5.74, 6) is 0.601. The monoisotopic (exact) mass is 315 g/mol. The fourth-order valence-electron chi connectivity index (χ4n) is 2.91. The Hall–Kier alpha value is -2.54. The van der Waals surface area contributed by atoms with Gasteiger partial charge in [-0.1, -0.05) is 61.9 Å². The van der Waals surface area contributed by atoms with Crippen LogP contribution in [0.1, 0.15) is 37.3 Å². The fourth-order valence-corrected chi connectivity index (χ4v) is 2.91. The number of aryl methyl sites for hydroxylation is 1. The molecule has 1 nitrogen and oxygen atoms in total. The van der Waals surface area contributed by atoms with Gasteiger partial charge in [0.2, 0.25) is 0 Å². The lowest BCUT2D eigenvalue weighted by Crippen LogP contribution is -2.09. The number of benzene rings is 3. The van der Waals surface area contributed by atoms with Crippen molar-refractivity contribution in [1.82, 2.24) is 0 Å². The number of anilines is 3. The van der Waals surface area contributed by atoms with E-state index in [1.807, 2.05) is 0 Å². The van der Waals surface area contributed by atoms with Gasteiger partial charge in [0, 0.05) is 17.1 Å². The zero-order valence-corrected chi connectivity index (χ0v) is 14.7. The van der Waals surface area contributed by atoms with Crippen LogP contribution in [-0.4, -0.2) is 0 Å². The molecule has 0 aliphatic carbocycles. The first kappa shape index (κ1) is 16.3. The van der Waals surface area contributed by atoms with Crippen molar-refractivity contribution in [1.29, 1.82) is 0 Å². The highest BCUT2D eigenvalue weighted by Crippen LogP contribution is 2.35. The van der Waals surface area contributed by atoms with Gasteiger partial charge in [-0.25, -0.2) is 0 Å². The van der Waals surface area contributed by atoms with Crippen molar-refractivity contribution in [3.05, 3.63) is 90.0 Å². The second kappa shape index (κ2) is 7.35. The van der Waals surface area contributed by atoms with Crippen molar-refractivity contribution in [2.45, 2.75) is 33.1 Å². The van der Waals surface area contributed by atoms with Crippen LogP contribution in [0.5, 0.6) is 0 Å². The molecule has 0 fully saturated rings. The molecule has 0 aromatic heterocycles. The standard InChI is InChI=1S/C23H25N/c1-4-19(3)20-12-16-23(17-13-20)24(21-8-6-5-7-9-21)22-14-10-18(2)11-15-22/h5-17,19H,4H2,1-3H3. The van der Waals surface area contributed by atoms with E-state index in [9.17, 15) is 0 Å². The number of para-hydroxylation sites is 1. The zero-order chi connectivity index (χ0) is 16.9. The van der Waals surface area contributed by atoms with Gasteiger partial charge in [0.05, 0.1) is 0 Å². The highest BCUT2D eigenvalue weighted by Gasteiger charge is 2.12. The van der Waals surface area contributed by atoms with Crippen molar-refractivity contribution in [2.24, 2.45) is 0 Å². The molecule has 0 amide bonds. The van der Waals surface area contributed by atoms with Crippen LogP contribution < -0.4 is 4.90 Å². The Kier molecular flexibility index (Phi) is 5.00. The second-order valence-electron chi connectivity index (χ2n) is 6.41. The third-order valence-electron chi connectivity index (χ3n) is 4.64. The Morgan fingerprint density at radius 2 is 1.21 bits per heavy atom. The van der Waals surface area contributed by atoms with E-state index in [1.165, 1.54) is 34.6 Å². The molecule has 1 unspecified atom stereocenters. The average molecular weight is 315 g/mol. The topological polar surface area (TPSA) is 3.24 Å². The van der Waals surface area contributed by atoms with Crippen molar-refractivity contribution in [3.63, 3.8) is 0 Å². The average Bonchev–Trinajstić information content (AvgIpc) is 2.64. The Bertz CT molecular complexity index is 757. The minimum absolute atomic E-state index is 0.601. The first-order valence-electron chi connectivity index (χ1n) is 8.71. The van der Waals surface area contributed by atoms with Crippen molar-refractivity contribution < 1.29 is 0 Å². The molecule has 3 aromatic carbocycles. The molecule has 0 aliphatic heterocycles. The summed E-state index contributed by atoms with van der Waals surface area (Å²) >= 11 is 0. The lowest BCUT2D eigenvalue weighted by atomic mass is 9.98. The lowest BCUT2D eigenvalue weighted by Gasteiger charge is -2.26. The Balaban J connectivity index is 2.03. The molecule has 122 valence electrons. The zero-order valence-electron chi connectivity index (χ0n) is 14.7. The Labute approximate surface area is 145 Å². The summed E-state index contributed by atoms with van der Waals surface area (Å²) in [7, 11) is 0. The van der Waals surface area contributed by atoms with Crippen LogP contribution in [-0.2, 0) is 0 Å². The van der Waals surface area contributed by atoms with Gasteiger partial charge in [0.25, 0.3) is 0 Å². The molecule has 1 heteroatoms. The molecule has 3 rings (SSSR count). The summed E-state index contributed by atoms with van der Waals surface area (Å²) in [6.45, 7) is 6.64. The second-order valence-corrected chi connectivity index (χ2v) is 6.41. The molecule has 0 bridgehead atoms. The first-order valence-corrected chi connectivity index (χ1v) is 8.71. The van der Waals surface area contributed by atoms with E-state index >= 15 is 0 Å². The van der Waals surface area contributed by atoms with Gasteiger partial charge < -0.3 is 4.90 Å². The molecule has 0 saturated heterocycles. The van der Waals surface area contributed by atoms with Gasteiger partial charge in [-0.2, -0.15) is 0 Å². The van der Waals surface area contributed by atoms with Crippen molar-refractivity contribution in [3.8, 4) is 0 Å². The third kappa shape index (κ3) is 3.51. The van der Waals surface area contributed by atoms with Gasteiger partial charge in [-0.3, -0.25) is 0 Å². The molecule has 0 radical (unpaired) electrons. The lowest BCUT2D eigenvalue weighted by molar-refractivity contribution is 0.733. The molecule has 24 heavy (non-hydrogen) atoms. The number of hydrogen-bond acceptors (Lipinski definition) is 1. The van der Waals surface area contributed by atoms with Crippen LogP contribution in [0.15, 0.2) is 78.9 Å². The van der Waals surface area contributed by atoms with E-state index in [0.29, 0.717) is 5.92 Å². The first-order chi connectivity index (χ1) is 11.7. The molecule has 1 atom stereocenters. The maximum atomic E-state index is 2.31. The Morgan fingerprint density at radius 1 is 0.708 bits per heavy atom. The minimum Gasteiger partial charge on any atom is -0.311 e. The van der Waals surface area contributed by atoms with Crippen molar-refractivity contribution >= 4 is 17.1 Å². The highest BCUT2D eigenvalue weighted by molar-refractivity contribution is 5.76. The smallest absolute Gasteiger partial charge is 0.0461 e. The molecule has 0 heterocycles. The molecular formula is C23H25N. The fraction of sp³-hybridized carbons (Fsp3) is 0.217. The summed E-state index contributed by atoms with van der Waals surface area (Å²) in [5, 5.41) is 0. The van der Waals surface area contributed by atoms with Gasteiger partial charge in [-0.15, -0.1) is 0 Å². The SMILES string of the molecule is CCC(C)c1ccc(N(c2ccccc2)c2ccc(C)cc2)cc1. The molecule has 0 saturated carbocycles. The molecular weight excluding hydrogens is 290 g/mol. The van der Waals surface area contributed by atoms with Gasteiger partial charge in [0.15, 0.2) is 0 Å². The summed E-state index contributed by atoms with van der Waals surface area (Å²) in [5.41, 5.74) is 6.23. The van der Waals surface area contributed by atoms with Crippen LogP contribution >= 0.6 is 0 Å². The van der Waals surface area contributed by atoms with E-state index in [1.54, 1.807) is 0 Å². The van der Waals surface area contributed by atoms with Crippen LogP contribution in [0.3, 0.4) is 0 Å². The van der Waals surface area contributed by atoms with E-state index in [-0.39, 0.29) is 0 Å². The Morgan fingerprint density at radius 3 is 1.75 bits per heavy atom. The molecule has 0 N–H and O–H groups in total. The predicted molar refractivity (Wildman–Crippen MR) is 105 cm³/mol. The summed E-state index contributed by atoms with van der Waals surface area (Å²) < 4.78 is 0. The quantitative estimate of drug-likeness (QED) is 0.491. The van der Waals surface area contributed by atoms with E-state index in [2.05, 4.69) is 105 Å². The summed E-state index contributed by atoms with van der Waals surface area (Å²) in [6.07, 6.45) is 1.17. The predicted octanol–water partition coefficient (Wildman–Crippen LogP) is 6.98. The highest BCUT2D eigenvalue weighted by atomic mass is 15.1. The molecule has 0 aliphatic rings. The maximum Gasteiger partial charge on any atom is 0.0461 e. The van der Waals surface area contributed by atoms with Crippen LogP contribution in [0.4, 0.5) is 17.1 Å². The number of rotatable bonds is 5. The van der Waals surface area contributed by atoms with Crippen LogP contribution in [0, 0.1) is 6.92 Å². The number of nitrogens with zero attached hydrogens (tertiary/aromatic N) is 1. The largest absolute Gasteiger partial charge is 0.311 e.